The number of anilines is 1. The van der Waals surface area contributed by atoms with Crippen LogP contribution in [-0.4, -0.2) is 59.4 Å². The maximum Gasteiger partial charge on any atom is 0.261 e. The van der Waals surface area contributed by atoms with Crippen LogP contribution >= 0.6 is 11.3 Å². The Labute approximate surface area is 169 Å². The maximum atomic E-state index is 12.4. The minimum absolute atomic E-state index is 0.0767. The highest BCUT2D eigenvalue weighted by Gasteiger charge is 2.22. The highest BCUT2D eigenvalue weighted by molar-refractivity contribution is 7.12. The van der Waals surface area contributed by atoms with Gasteiger partial charge in [0, 0.05) is 56.8 Å². The summed E-state index contributed by atoms with van der Waals surface area (Å²) in [6.45, 7) is 9.36. The molecule has 0 radical (unpaired) electrons. The van der Waals surface area contributed by atoms with Crippen molar-refractivity contribution in [1.29, 1.82) is 0 Å². The van der Waals surface area contributed by atoms with E-state index in [0.29, 0.717) is 30.9 Å². The predicted octanol–water partition coefficient (Wildman–Crippen LogP) is 2.44. The summed E-state index contributed by atoms with van der Waals surface area (Å²) in [7, 11) is 0. The fourth-order valence-electron chi connectivity index (χ4n) is 3.12. The zero-order chi connectivity index (χ0) is 20.1. The number of carbonyl (C=O) groups is 2. The molecule has 0 spiro atoms. The quantitative estimate of drug-likeness (QED) is 0.804. The largest absolute Gasteiger partial charge is 0.353 e. The van der Waals surface area contributed by atoms with Gasteiger partial charge in [-0.05, 0) is 18.4 Å². The number of hydrogen-bond donors (Lipinski definition) is 1. The number of hydrogen-bond acceptors (Lipinski definition) is 6. The zero-order valence-corrected chi connectivity index (χ0v) is 17.5. The van der Waals surface area contributed by atoms with Crippen molar-refractivity contribution in [2.75, 3.05) is 37.6 Å². The van der Waals surface area contributed by atoms with Crippen LogP contribution in [0.2, 0.25) is 0 Å². The summed E-state index contributed by atoms with van der Waals surface area (Å²) in [6.07, 6.45) is 0.321. The molecule has 3 rings (SSSR count). The highest BCUT2D eigenvalue weighted by atomic mass is 32.1. The molecule has 1 N–H and O–H groups in total. The second-order valence-corrected chi connectivity index (χ2v) is 8.18. The highest BCUT2D eigenvalue weighted by Crippen LogP contribution is 2.19. The topological polar surface area (TPSA) is 78.4 Å². The number of thiophene rings is 1. The fourth-order valence-corrected chi connectivity index (χ4v) is 3.76. The third-order valence-corrected chi connectivity index (χ3v) is 5.57. The number of rotatable bonds is 6. The van der Waals surface area contributed by atoms with E-state index in [-0.39, 0.29) is 17.7 Å². The molecule has 0 unspecified atom stereocenters. The molecule has 2 aromatic heterocycles. The van der Waals surface area contributed by atoms with E-state index in [1.54, 1.807) is 6.07 Å². The molecule has 1 saturated heterocycles. The maximum absolute atomic E-state index is 12.4. The molecule has 150 valence electrons. The second kappa shape index (κ2) is 9.14. The van der Waals surface area contributed by atoms with E-state index in [2.05, 4.69) is 34.0 Å². The van der Waals surface area contributed by atoms with E-state index >= 15 is 0 Å². The molecule has 0 bridgehead atoms. The first kappa shape index (κ1) is 20.3. The van der Waals surface area contributed by atoms with Gasteiger partial charge in [-0.25, -0.2) is 9.97 Å². The fraction of sp³-hybridized carbons (Fsp3) is 0.500. The normalized spacial score (nSPS) is 14.4. The summed E-state index contributed by atoms with van der Waals surface area (Å²) in [5, 5.41) is 4.67. The van der Waals surface area contributed by atoms with Crippen molar-refractivity contribution in [3.05, 3.63) is 40.0 Å². The number of amides is 2. The van der Waals surface area contributed by atoms with Crippen LogP contribution in [0, 0.1) is 6.92 Å². The Bertz CT molecular complexity index is 814. The van der Waals surface area contributed by atoms with Gasteiger partial charge < -0.3 is 15.1 Å². The number of aryl methyl sites for hydroxylation is 1. The third kappa shape index (κ3) is 5.07. The van der Waals surface area contributed by atoms with Gasteiger partial charge in [-0.3, -0.25) is 9.59 Å². The molecule has 0 aromatic carbocycles. The SMILES string of the molecule is Cc1cc(N2CCN(C(=O)CCNC(=O)c3cccs3)CC2)nc(C(C)C)n1. The van der Waals surface area contributed by atoms with Gasteiger partial charge >= 0.3 is 0 Å². The minimum atomic E-state index is -0.118. The lowest BCUT2D eigenvalue weighted by Gasteiger charge is -2.35. The first-order valence-electron chi connectivity index (χ1n) is 9.64. The lowest BCUT2D eigenvalue weighted by Crippen LogP contribution is -2.49. The summed E-state index contributed by atoms with van der Waals surface area (Å²) < 4.78 is 0. The van der Waals surface area contributed by atoms with Crippen LogP contribution in [0.5, 0.6) is 0 Å². The molecule has 2 aromatic rings. The predicted molar refractivity (Wildman–Crippen MR) is 111 cm³/mol. The molecule has 0 atom stereocenters. The van der Waals surface area contributed by atoms with Gasteiger partial charge in [0.2, 0.25) is 5.91 Å². The van der Waals surface area contributed by atoms with Crippen LogP contribution < -0.4 is 10.2 Å². The number of nitrogens with one attached hydrogen (secondary N) is 1. The van der Waals surface area contributed by atoms with Crippen molar-refractivity contribution in [2.45, 2.75) is 33.1 Å². The smallest absolute Gasteiger partial charge is 0.261 e. The van der Waals surface area contributed by atoms with Crippen molar-refractivity contribution in [3.8, 4) is 0 Å². The summed E-state index contributed by atoms with van der Waals surface area (Å²) in [4.78, 5) is 38.3. The number of piperazine rings is 1. The molecule has 1 fully saturated rings. The lowest BCUT2D eigenvalue weighted by atomic mass is 10.2. The Morgan fingerprint density at radius 1 is 1.21 bits per heavy atom. The van der Waals surface area contributed by atoms with E-state index < -0.39 is 0 Å². The summed E-state index contributed by atoms with van der Waals surface area (Å²) in [6, 6.07) is 5.62. The summed E-state index contributed by atoms with van der Waals surface area (Å²) in [5.41, 5.74) is 0.966. The molecule has 7 nitrogen and oxygen atoms in total. The molecule has 28 heavy (non-hydrogen) atoms. The van der Waals surface area contributed by atoms with Gasteiger partial charge in [0.1, 0.15) is 11.6 Å². The molecule has 0 saturated carbocycles. The van der Waals surface area contributed by atoms with Crippen molar-refractivity contribution in [1.82, 2.24) is 20.2 Å². The van der Waals surface area contributed by atoms with Crippen LogP contribution in [0.25, 0.3) is 0 Å². The van der Waals surface area contributed by atoms with Crippen molar-refractivity contribution < 1.29 is 9.59 Å². The molecule has 1 aliphatic heterocycles. The Morgan fingerprint density at radius 3 is 2.61 bits per heavy atom. The van der Waals surface area contributed by atoms with Gasteiger partial charge in [0.05, 0.1) is 4.88 Å². The molecule has 1 aliphatic rings. The van der Waals surface area contributed by atoms with Crippen molar-refractivity contribution in [2.24, 2.45) is 0 Å². The molecule has 2 amide bonds. The Hall–Kier alpha value is -2.48. The van der Waals surface area contributed by atoms with Gasteiger partial charge in [-0.1, -0.05) is 19.9 Å². The number of carbonyl (C=O) groups excluding carboxylic acids is 2. The number of aromatic nitrogens is 2. The standard InChI is InChI=1S/C20H27N5O2S/c1-14(2)19-22-15(3)13-17(23-19)24-8-10-25(11-9-24)18(26)6-7-21-20(27)16-5-4-12-28-16/h4-5,12-14H,6-11H2,1-3H3,(H,21,27). The molecule has 3 heterocycles. The average Bonchev–Trinajstić information content (AvgIpc) is 3.22. The Morgan fingerprint density at radius 2 is 1.96 bits per heavy atom. The van der Waals surface area contributed by atoms with E-state index in [4.69, 9.17) is 0 Å². The summed E-state index contributed by atoms with van der Waals surface area (Å²) >= 11 is 1.40. The van der Waals surface area contributed by atoms with E-state index in [1.165, 1.54) is 11.3 Å². The van der Waals surface area contributed by atoms with Gasteiger partial charge in [-0.2, -0.15) is 0 Å². The first-order valence-corrected chi connectivity index (χ1v) is 10.5. The van der Waals surface area contributed by atoms with E-state index in [1.807, 2.05) is 29.3 Å². The Balaban J connectivity index is 1.47. The molecular weight excluding hydrogens is 374 g/mol. The average molecular weight is 402 g/mol. The van der Waals surface area contributed by atoms with Crippen molar-refractivity contribution in [3.63, 3.8) is 0 Å². The van der Waals surface area contributed by atoms with E-state index in [0.717, 1.165) is 30.4 Å². The van der Waals surface area contributed by atoms with Gasteiger partial charge in [-0.15, -0.1) is 11.3 Å². The van der Waals surface area contributed by atoms with Crippen molar-refractivity contribution >= 4 is 29.0 Å². The minimum Gasteiger partial charge on any atom is -0.353 e. The molecule has 0 aliphatic carbocycles. The molecular formula is C20H27N5O2S. The lowest BCUT2D eigenvalue weighted by molar-refractivity contribution is -0.131. The van der Waals surface area contributed by atoms with Gasteiger partial charge in [0.25, 0.3) is 5.91 Å². The van der Waals surface area contributed by atoms with Crippen LogP contribution in [0.1, 0.15) is 47.4 Å². The number of nitrogens with zero attached hydrogens (tertiary/aromatic N) is 4. The van der Waals surface area contributed by atoms with Gasteiger partial charge in [0.15, 0.2) is 0 Å². The van der Waals surface area contributed by atoms with Crippen LogP contribution in [0.3, 0.4) is 0 Å². The van der Waals surface area contributed by atoms with E-state index in [9.17, 15) is 9.59 Å². The van der Waals surface area contributed by atoms with Crippen LogP contribution in [0.15, 0.2) is 23.6 Å². The van der Waals surface area contributed by atoms with Crippen LogP contribution in [-0.2, 0) is 4.79 Å². The molecule has 8 heteroatoms. The third-order valence-electron chi connectivity index (χ3n) is 4.70. The second-order valence-electron chi connectivity index (χ2n) is 7.23. The summed E-state index contributed by atoms with van der Waals surface area (Å²) in [5.74, 6) is 2.04. The van der Waals surface area contributed by atoms with Crippen LogP contribution in [0.4, 0.5) is 5.82 Å². The Kier molecular flexibility index (Phi) is 6.61. The zero-order valence-electron chi connectivity index (χ0n) is 16.6. The first-order chi connectivity index (χ1) is 13.4. The monoisotopic (exact) mass is 401 g/mol.